The maximum Gasteiger partial charge on any atom is 0.300 e. The van der Waals surface area contributed by atoms with Gasteiger partial charge in [0.2, 0.25) is 0 Å². The molecule has 0 aromatic heterocycles. The lowest BCUT2D eigenvalue weighted by Crippen LogP contribution is -1.78. The molecule has 0 aromatic carbocycles. The van der Waals surface area contributed by atoms with Crippen molar-refractivity contribution in [1.29, 1.82) is 5.26 Å². The number of rotatable bonds is 0. The molecule has 0 saturated heterocycles. The summed E-state index contributed by atoms with van der Waals surface area (Å²) in [4.78, 5) is 9.00. The molecule has 0 saturated carbocycles. The first-order valence-corrected chi connectivity index (χ1v) is 1.72. The van der Waals surface area contributed by atoms with E-state index in [4.69, 9.17) is 15.2 Å². The van der Waals surface area contributed by atoms with Crippen LogP contribution in [0.1, 0.15) is 6.92 Å². The number of halogens is 1. The molecule has 0 aromatic rings. The van der Waals surface area contributed by atoms with Gasteiger partial charge < -0.3 is 5.11 Å². The van der Waals surface area contributed by atoms with Gasteiger partial charge in [0.15, 0.2) is 5.53 Å². The zero-order valence-electron chi connectivity index (χ0n) is 3.68. The molecule has 0 fully saturated rings. The van der Waals surface area contributed by atoms with Crippen molar-refractivity contribution >= 4 is 17.6 Å². The van der Waals surface area contributed by atoms with E-state index in [9.17, 15) is 0 Å². The van der Waals surface area contributed by atoms with Gasteiger partial charge in [0, 0.05) is 18.5 Å². The zero-order chi connectivity index (χ0) is 6.28. The highest BCUT2D eigenvalue weighted by atomic mass is 35.5. The van der Waals surface area contributed by atoms with E-state index in [1.54, 1.807) is 0 Å². The molecule has 0 heterocycles. The molecule has 0 aliphatic rings. The number of aliphatic carboxylic acids is 1. The minimum Gasteiger partial charge on any atom is -0.481 e. The maximum atomic E-state index is 9.00. The minimum absolute atomic E-state index is 0.833. The van der Waals surface area contributed by atoms with Crippen LogP contribution in [-0.2, 0) is 4.79 Å². The Bertz CT molecular complexity index is 81.4. The molecular weight excluding hydrogens is 117 g/mol. The van der Waals surface area contributed by atoms with Crippen LogP contribution in [0.5, 0.6) is 0 Å². The molecule has 0 unspecified atom stereocenters. The number of carboxylic acids is 1. The first-order valence-electron chi connectivity index (χ1n) is 1.34. The zero-order valence-corrected chi connectivity index (χ0v) is 4.44. The lowest BCUT2D eigenvalue weighted by atomic mass is 10.9. The predicted molar refractivity (Wildman–Crippen MR) is 24.8 cm³/mol. The van der Waals surface area contributed by atoms with Gasteiger partial charge in [-0.25, -0.2) is 0 Å². The first-order chi connectivity index (χ1) is 3.15. The molecule has 0 rings (SSSR count). The molecule has 0 spiro atoms. The van der Waals surface area contributed by atoms with Crippen molar-refractivity contribution in [2.75, 3.05) is 0 Å². The van der Waals surface area contributed by atoms with Crippen LogP contribution >= 0.6 is 11.6 Å². The largest absolute Gasteiger partial charge is 0.481 e. The van der Waals surface area contributed by atoms with Gasteiger partial charge in [-0.15, -0.1) is 0 Å². The fourth-order valence-electron chi connectivity index (χ4n) is 0. The molecule has 3 nitrogen and oxygen atoms in total. The number of nitriles is 1. The average molecular weight is 122 g/mol. The van der Waals surface area contributed by atoms with Crippen molar-refractivity contribution < 1.29 is 9.90 Å². The lowest BCUT2D eigenvalue weighted by Gasteiger charge is -1.59. The normalized spacial score (nSPS) is 4.71. The molecule has 0 amide bonds. The quantitative estimate of drug-likeness (QED) is 0.516. The van der Waals surface area contributed by atoms with Gasteiger partial charge in [-0.2, -0.15) is 5.26 Å². The second kappa shape index (κ2) is 8.98. The lowest BCUT2D eigenvalue weighted by molar-refractivity contribution is -0.134. The summed E-state index contributed by atoms with van der Waals surface area (Å²) in [6.07, 6.45) is 0. The standard InChI is InChI=1S/C2H4O2.CClN/c1-2(3)4;2-1-3/h1H3,(H,3,4);. The van der Waals surface area contributed by atoms with Crippen LogP contribution in [0.2, 0.25) is 0 Å². The second-order valence-electron chi connectivity index (χ2n) is 0.604. The van der Waals surface area contributed by atoms with Gasteiger partial charge in [-0.1, -0.05) is 0 Å². The molecule has 40 valence electrons. The molecule has 0 aliphatic heterocycles. The topological polar surface area (TPSA) is 61.1 Å². The number of carboxylic acid groups (broad SMARTS) is 1. The highest BCUT2D eigenvalue weighted by Gasteiger charge is 1.65. The Morgan fingerprint density at radius 2 is 2.00 bits per heavy atom. The van der Waals surface area contributed by atoms with Crippen LogP contribution in [0.3, 0.4) is 0 Å². The summed E-state index contributed by atoms with van der Waals surface area (Å²) < 4.78 is 0. The molecule has 0 atom stereocenters. The van der Waals surface area contributed by atoms with E-state index >= 15 is 0 Å². The van der Waals surface area contributed by atoms with Crippen molar-refractivity contribution in [3.8, 4) is 5.53 Å². The Labute approximate surface area is 46.1 Å². The van der Waals surface area contributed by atoms with Gasteiger partial charge in [0.1, 0.15) is 0 Å². The molecule has 1 N–H and O–H groups in total. The summed E-state index contributed by atoms with van der Waals surface area (Å²) >= 11 is 4.30. The maximum absolute atomic E-state index is 9.00. The first kappa shape index (κ1) is 9.54. The summed E-state index contributed by atoms with van der Waals surface area (Å²) in [6.45, 7) is 1.08. The van der Waals surface area contributed by atoms with E-state index in [1.165, 1.54) is 5.53 Å². The molecular formula is C3H4ClNO2. The Hall–Kier alpha value is -0.750. The van der Waals surface area contributed by atoms with Crippen molar-refractivity contribution in [1.82, 2.24) is 0 Å². The SMILES string of the molecule is CC(=O)O.N#CCl. The van der Waals surface area contributed by atoms with Crippen molar-refractivity contribution in [3.05, 3.63) is 0 Å². The number of carbonyl (C=O) groups is 1. The summed E-state index contributed by atoms with van der Waals surface area (Å²) in [5.41, 5.74) is 1.22. The fourth-order valence-corrected chi connectivity index (χ4v) is 0. The van der Waals surface area contributed by atoms with Crippen LogP contribution in [0, 0.1) is 10.8 Å². The van der Waals surface area contributed by atoms with E-state index in [0.717, 1.165) is 6.92 Å². The van der Waals surface area contributed by atoms with Crippen molar-refractivity contribution in [2.24, 2.45) is 0 Å². The summed E-state index contributed by atoms with van der Waals surface area (Å²) in [6, 6.07) is 0. The molecule has 0 aliphatic carbocycles. The molecule has 4 heteroatoms. The van der Waals surface area contributed by atoms with Crippen LogP contribution in [-0.4, -0.2) is 11.1 Å². The Morgan fingerprint density at radius 1 is 2.00 bits per heavy atom. The highest BCUT2D eigenvalue weighted by molar-refractivity contribution is 6.28. The fraction of sp³-hybridized carbons (Fsp3) is 0.333. The van der Waals surface area contributed by atoms with Crippen LogP contribution in [0.15, 0.2) is 0 Å². The summed E-state index contributed by atoms with van der Waals surface area (Å²) in [5.74, 6) is -0.833. The van der Waals surface area contributed by atoms with E-state index < -0.39 is 5.97 Å². The van der Waals surface area contributed by atoms with Crippen LogP contribution in [0.25, 0.3) is 0 Å². The third kappa shape index (κ3) is 98.6. The average Bonchev–Trinajstić information content (AvgIpc) is 1.33. The van der Waals surface area contributed by atoms with Crippen LogP contribution < -0.4 is 0 Å². The van der Waals surface area contributed by atoms with E-state index in [1.807, 2.05) is 0 Å². The molecule has 0 radical (unpaired) electrons. The monoisotopic (exact) mass is 121 g/mol. The third-order valence-electron chi connectivity index (χ3n) is 0. The highest BCUT2D eigenvalue weighted by Crippen LogP contribution is 1.49. The van der Waals surface area contributed by atoms with Gasteiger partial charge in [0.25, 0.3) is 5.97 Å². The Morgan fingerprint density at radius 3 is 2.00 bits per heavy atom. The van der Waals surface area contributed by atoms with E-state index in [0.29, 0.717) is 0 Å². The molecule has 0 bridgehead atoms. The van der Waals surface area contributed by atoms with E-state index in [2.05, 4.69) is 11.6 Å². The minimum atomic E-state index is -0.833. The van der Waals surface area contributed by atoms with Crippen molar-refractivity contribution in [2.45, 2.75) is 6.92 Å². The van der Waals surface area contributed by atoms with E-state index in [-0.39, 0.29) is 0 Å². The van der Waals surface area contributed by atoms with Gasteiger partial charge >= 0.3 is 0 Å². The number of hydrogen-bond donors (Lipinski definition) is 1. The second-order valence-corrected chi connectivity index (χ2v) is 0.773. The smallest absolute Gasteiger partial charge is 0.300 e. The third-order valence-corrected chi connectivity index (χ3v) is 0. The summed E-state index contributed by atoms with van der Waals surface area (Å²) in [5, 5.41) is 14.5. The van der Waals surface area contributed by atoms with Crippen molar-refractivity contribution in [3.63, 3.8) is 0 Å². The number of hydrogen-bond acceptors (Lipinski definition) is 2. The van der Waals surface area contributed by atoms with Gasteiger partial charge in [-0.3, -0.25) is 4.79 Å². The predicted octanol–water partition coefficient (Wildman–Crippen LogP) is 0.797. The molecule has 7 heavy (non-hydrogen) atoms. The number of nitrogens with zero attached hydrogens (tertiary/aromatic N) is 1. The van der Waals surface area contributed by atoms with Gasteiger partial charge in [0.05, 0.1) is 0 Å². The van der Waals surface area contributed by atoms with Crippen LogP contribution in [0.4, 0.5) is 0 Å². The van der Waals surface area contributed by atoms with Gasteiger partial charge in [-0.05, 0) is 0 Å². The Balaban J connectivity index is 0. The summed E-state index contributed by atoms with van der Waals surface area (Å²) in [7, 11) is 0. The Kier molecular flexibility index (Phi) is 12.2.